The number of urea groups is 1. The van der Waals surface area contributed by atoms with E-state index in [9.17, 15) is 9.59 Å². The zero-order chi connectivity index (χ0) is 24.5. The first kappa shape index (κ1) is 23.6. The number of carbonyl (C=O) groups is 2. The second kappa shape index (κ2) is 9.85. The van der Waals surface area contributed by atoms with Gasteiger partial charge in [0.1, 0.15) is 30.0 Å². The molecular formula is C26H33N5O4. The van der Waals surface area contributed by atoms with Gasteiger partial charge in [-0.2, -0.15) is 0 Å². The van der Waals surface area contributed by atoms with Crippen molar-refractivity contribution in [3.05, 3.63) is 54.6 Å². The number of hydrogen-bond donors (Lipinski definition) is 1. The minimum Gasteiger partial charge on any atom is -0.457 e. The van der Waals surface area contributed by atoms with Crippen molar-refractivity contribution in [2.45, 2.75) is 32.3 Å². The Labute approximate surface area is 206 Å². The minimum atomic E-state index is -0.435. The van der Waals surface area contributed by atoms with Crippen LogP contribution in [-0.4, -0.2) is 85.0 Å². The highest BCUT2D eigenvalue weighted by molar-refractivity contribution is 6.00. The Kier molecular flexibility index (Phi) is 6.64. The van der Waals surface area contributed by atoms with Gasteiger partial charge in [-0.3, -0.25) is 19.9 Å². The lowest BCUT2D eigenvalue weighted by Crippen LogP contribution is -2.67. The van der Waals surface area contributed by atoms with Crippen molar-refractivity contribution >= 4 is 17.6 Å². The molecule has 0 spiro atoms. The number of carbonyl (C=O) groups excluding carboxylic acids is 2. The SMILES string of the molecule is CCOCCN1C(=O)C2C(NC3N(c4ccc(Oc5ccccc5)cc4)CC(C)CN23)N(C)C1=O. The number of imide groups is 1. The maximum atomic E-state index is 13.5. The van der Waals surface area contributed by atoms with Crippen LogP contribution in [0.25, 0.3) is 0 Å². The summed E-state index contributed by atoms with van der Waals surface area (Å²) < 4.78 is 11.4. The van der Waals surface area contributed by atoms with Gasteiger partial charge in [-0.15, -0.1) is 0 Å². The molecule has 2 aromatic rings. The molecule has 3 fully saturated rings. The first-order valence-corrected chi connectivity index (χ1v) is 12.2. The second-order valence-corrected chi connectivity index (χ2v) is 9.37. The number of amides is 3. The summed E-state index contributed by atoms with van der Waals surface area (Å²) in [7, 11) is 1.76. The van der Waals surface area contributed by atoms with Crippen molar-refractivity contribution in [3.8, 4) is 11.5 Å². The smallest absolute Gasteiger partial charge is 0.327 e. The van der Waals surface area contributed by atoms with Gasteiger partial charge in [0, 0.05) is 32.4 Å². The Morgan fingerprint density at radius 3 is 2.43 bits per heavy atom. The standard InChI is InChI=1S/C26H33N5O4/c1-4-34-15-14-29-24(32)22-23(28(3)26(29)33)27-25-30(16-18(2)17-31(22)25)19-10-12-21(13-11-19)35-20-8-6-5-7-9-20/h5-13,18,22-23,25,27H,4,14-17H2,1-3H3. The quantitative estimate of drug-likeness (QED) is 0.612. The first-order valence-electron chi connectivity index (χ1n) is 12.2. The van der Waals surface area contributed by atoms with Crippen molar-refractivity contribution in [3.63, 3.8) is 0 Å². The zero-order valence-corrected chi connectivity index (χ0v) is 20.5. The Morgan fingerprint density at radius 2 is 1.71 bits per heavy atom. The van der Waals surface area contributed by atoms with Crippen LogP contribution in [0.5, 0.6) is 11.5 Å². The number of likely N-dealkylation sites (N-methyl/N-ethyl adjacent to an activating group) is 1. The van der Waals surface area contributed by atoms with Crippen molar-refractivity contribution < 1.29 is 19.1 Å². The summed E-state index contributed by atoms with van der Waals surface area (Å²) in [5.74, 6) is 1.74. The lowest BCUT2D eigenvalue weighted by Gasteiger charge is -2.46. The highest BCUT2D eigenvalue weighted by atomic mass is 16.5. The highest BCUT2D eigenvalue weighted by Gasteiger charge is 2.56. The third kappa shape index (κ3) is 4.47. The van der Waals surface area contributed by atoms with E-state index in [1.807, 2.05) is 61.5 Å². The summed E-state index contributed by atoms with van der Waals surface area (Å²) in [6.07, 6.45) is -0.565. The van der Waals surface area contributed by atoms with Gasteiger partial charge in [0.15, 0.2) is 0 Å². The molecule has 4 atom stereocenters. The molecule has 0 aromatic heterocycles. The van der Waals surface area contributed by atoms with E-state index in [1.165, 1.54) is 4.90 Å². The summed E-state index contributed by atoms with van der Waals surface area (Å²) >= 11 is 0. The van der Waals surface area contributed by atoms with E-state index in [0.29, 0.717) is 19.1 Å². The van der Waals surface area contributed by atoms with Gasteiger partial charge in [-0.25, -0.2) is 4.79 Å². The van der Waals surface area contributed by atoms with E-state index in [2.05, 4.69) is 22.0 Å². The molecule has 5 rings (SSSR count). The fraction of sp³-hybridized carbons (Fsp3) is 0.462. The Hall–Kier alpha value is -3.14. The highest BCUT2D eigenvalue weighted by Crippen LogP contribution is 2.35. The van der Waals surface area contributed by atoms with Crippen LogP contribution >= 0.6 is 0 Å². The van der Waals surface area contributed by atoms with Gasteiger partial charge in [0.25, 0.3) is 5.91 Å². The van der Waals surface area contributed by atoms with Gasteiger partial charge in [0.2, 0.25) is 0 Å². The van der Waals surface area contributed by atoms with E-state index in [-0.39, 0.29) is 30.9 Å². The average molecular weight is 480 g/mol. The summed E-state index contributed by atoms with van der Waals surface area (Å²) in [5.41, 5.74) is 1.03. The molecule has 9 heteroatoms. The van der Waals surface area contributed by atoms with Crippen molar-refractivity contribution in [2.75, 3.05) is 44.8 Å². The average Bonchev–Trinajstić information content (AvgIpc) is 3.25. The third-order valence-corrected chi connectivity index (χ3v) is 6.90. The number of rotatable bonds is 7. The Morgan fingerprint density at radius 1 is 1.00 bits per heavy atom. The Bertz CT molecular complexity index is 1050. The van der Waals surface area contributed by atoms with Gasteiger partial charge >= 0.3 is 6.03 Å². The molecule has 1 N–H and O–H groups in total. The van der Waals surface area contributed by atoms with Crippen molar-refractivity contribution in [1.82, 2.24) is 20.0 Å². The molecule has 9 nitrogen and oxygen atoms in total. The lowest BCUT2D eigenvalue weighted by molar-refractivity contribution is -0.139. The number of anilines is 1. The maximum Gasteiger partial charge on any atom is 0.327 e. The first-order chi connectivity index (χ1) is 17.0. The molecule has 3 saturated heterocycles. The maximum absolute atomic E-state index is 13.5. The monoisotopic (exact) mass is 479 g/mol. The summed E-state index contributed by atoms with van der Waals surface area (Å²) in [5, 5.41) is 3.56. The fourth-order valence-electron chi connectivity index (χ4n) is 5.26. The van der Waals surface area contributed by atoms with Gasteiger partial charge < -0.3 is 19.3 Å². The number of nitrogens with zero attached hydrogens (tertiary/aromatic N) is 4. The number of nitrogens with one attached hydrogen (secondary N) is 1. The van der Waals surface area contributed by atoms with Crippen LogP contribution in [-0.2, 0) is 9.53 Å². The van der Waals surface area contributed by atoms with E-state index >= 15 is 0 Å². The van der Waals surface area contributed by atoms with Crippen LogP contribution in [0.1, 0.15) is 13.8 Å². The third-order valence-electron chi connectivity index (χ3n) is 6.90. The number of ether oxygens (including phenoxy) is 2. The molecule has 0 bridgehead atoms. The van der Waals surface area contributed by atoms with Gasteiger partial charge in [0.05, 0.1) is 13.2 Å². The van der Waals surface area contributed by atoms with E-state index < -0.39 is 6.04 Å². The number of para-hydroxylation sites is 1. The number of benzene rings is 2. The lowest BCUT2D eigenvalue weighted by atomic mass is 10.0. The number of hydrogen-bond acceptors (Lipinski definition) is 7. The van der Waals surface area contributed by atoms with Crippen LogP contribution in [0.3, 0.4) is 0 Å². The molecule has 3 heterocycles. The topological polar surface area (TPSA) is 77.6 Å². The summed E-state index contributed by atoms with van der Waals surface area (Å²) in [6.45, 7) is 6.87. The van der Waals surface area contributed by atoms with E-state index in [4.69, 9.17) is 9.47 Å². The van der Waals surface area contributed by atoms with Crippen LogP contribution in [0.4, 0.5) is 10.5 Å². The molecule has 0 radical (unpaired) electrons. The molecule has 4 unspecified atom stereocenters. The molecule has 3 aliphatic heterocycles. The predicted octanol–water partition coefficient (Wildman–Crippen LogP) is 2.75. The van der Waals surface area contributed by atoms with Gasteiger partial charge in [-0.1, -0.05) is 25.1 Å². The predicted molar refractivity (Wildman–Crippen MR) is 132 cm³/mol. The summed E-state index contributed by atoms with van der Waals surface area (Å²) in [6, 6.07) is 17.0. The zero-order valence-electron chi connectivity index (χ0n) is 20.5. The molecule has 2 aromatic carbocycles. The molecule has 3 aliphatic rings. The van der Waals surface area contributed by atoms with E-state index in [1.54, 1.807) is 11.9 Å². The minimum absolute atomic E-state index is 0.159. The van der Waals surface area contributed by atoms with E-state index in [0.717, 1.165) is 30.3 Å². The van der Waals surface area contributed by atoms with Crippen LogP contribution in [0.15, 0.2) is 54.6 Å². The van der Waals surface area contributed by atoms with Crippen LogP contribution in [0.2, 0.25) is 0 Å². The largest absolute Gasteiger partial charge is 0.457 e. The van der Waals surface area contributed by atoms with Crippen LogP contribution < -0.4 is 15.0 Å². The molecular weight excluding hydrogens is 446 g/mol. The number of fused-ring (bicyclic) bond motifs is 3. The molecule has 3 amide bonds. The Balaban J connectivity index is 1.36. The summed E-state index contributed by atoms with van der Waals surface area (Å²) in [4.78, 5) is 33.9. The normalized spacial score (nSPS) is 26.7. The fourth-order valence-corrected chi connectivity index (χ4v) is 5.26. The van der Waals surface area contributed by atoms with Crippen molar-refractivity contribution in [2.24, 2.45) is 5.92 Å². The van der Waals surface area contributed by atoms with Crippen molar-refractivity contribution in [1.29, 1.82) is 0 Å². The second-order valence-electron chi connectivity index (χ2n) is 9.37. The molecule has 35 heavy (non-hydrogen) atoms. The molecule has 0 saturated carbocycles. The molecule has 0 aliphatic carbocycles. The molecule has 186 valence electrons. The van der Waals surface area contributed by atoms with Gasteiger partial charge in [-0.05, 0) is 49.2 Å². The van der Waals surface area contributed by atoms with Crippen LogP contribution in [0, 0.1) is 5.92 Å².